The van der Waals surface area contributed by atoms with Crippen LogP contribution in [-0.4, -0.2) is 146 Å². The first-order chi connectivity index (χ1) is 32.8. The molecule has 0 spiro atoms. The molecule has 8 amide bonds. The van der Waals surface area contributed by atoms with Crippen molar-refractivity contribution >= 4 is 53.2 Å². The highest BCUT2D eigenvalue weighted by Crippen LogP contribution is 2.21. The van der Waals surface area contributed by atoms with Gasteiger partial charge in [-0.2, -0.15) is 0 Å². The molecule has 4 rings (SSSR count). The van der Waals surface area contributed by atoms with E-state index in [1.807, 2.05) is 0 Å². The van der Waals surface area contributed by atoms with Crippen LogP contribution in [0.5, 0.6) is 5.75 Å². The number of aliphatic carboxylic acids is 1. The topological polar surface area (TPSA) is 362 Å². The van der Waals surface area contributed by atoms with Crippen molar-refractivity contribution in [2.45, 2.75) is 113 Å². The van der Waals surface area contributed by atoms with E-state index in [0.717, 1.165) is 11.8 Å². The molecule has 1 saturated heterocycles. The van der Waals surface area contributed by atoms with Gasteiger partial charge < -0.3 is 68.7 Å². The molecule has 372 valence electrons. The summed E-state index contributed by atoms with van der Waals surface area (Å²) in [6, 6.07) is 12.7. The predicted octanol–water partition coefficient (Wildman–Crippen LogP) is -2.61. The van der Waals surface area contributed by atoms with Crippen LogP contribution in [0.25, 0.3) is 0 Å². The van der Waals surface area contributed by atoms with Crippen LogP contribution in [0.2, 0.25) is 0 Å². The van der Waals surface area contributed by atoms with Gasteiger partial charge in [-0.05, 0) is 61.9 Å². The second-order valence-electron chi connectivity index (χ2n) is 16.7. The molecule has 0 saturated carbocycles. The largest absolute Gasteiger partial charge is 0.508 e. The van der Waals surface area contributed by atoms with E-state index >= 15 is 0 Å². The summed E-state index contributed by atoms with van der Waals surface area (Å²) in [5.74, 6) is -8.58. The number of carbonyl (C=O) groups excluding carboxylic acids is 8. The minimum Gasteiger partial charge on any atom is -0.508 e. The van der Waals surface area contributed by atoms with E-state index in [9.17, 15) is 63.6 Å². The quantitative estimate of drug-likeness (QED) is 0.0414. The van der Waals surface area contributed by atoms with Crippen LogP contribution >= 0.6 is 0 Å². The summed E-state index contributed by atoms with van der Waals surface area (Å²) in [6.07, 6.45) is -3.87. The number of aliphatic hydroxyl groups excluding tert-OH is 2. The lowest BCUT2D eigenvalue weighted by Crippen LogP contribution is -2.62. The number of likely N-dealkylation sites (tertiary alicyclic amines) is 1. The van der Waals surface area contributed by atoms with Gasteiger partial charge >= 0.3 is 5.97 Å². The van der Waals surface area contributed by atoms with Crippen LogP contribution in [0, 0.1) is 0 Å². The number of amides is 8. The van der Waals surface area contributed by atoms with Gasteiger partial charge in [-0.25, -0.2) is 4.79 Å². The number of primary amides is 1. The molecule has 0 aliphatic carbocycles. The molecule has 0 radical (unpaired) electrons. The first-order valence-electron chi connectivity index (χ1n) is 22.3. The number of aromatic hydroxyl groups is 1. The van der Waals surface area contributed by atoms with Crippen LogP contribution in [0.15, 0.2) is 84.9 Å². The SMILES string of the molecule is CC(O)C(NC(=O)C1CCCN1C(=O)C(CCC(N)=O)NC(=O)C(NC(=O)C(Cc1ccc(O)cc1)NC(=O)C(Cc1ccccc1)NC(=O)C(Cc1ccccc1)NC(=O)CN)C(C)O)C(=O)O. The number of rotatable bonds is 25. The van der Waals surface area contributed by atoms with Gasteiger partial charge in [-0.15, -0.1) is 0 Å². The van der Waals surface area contributed by atoms with Crippen molar-refractivity contribution in [3.8, 4) is 5.75 Å². The average Bonchev–Trinajstić information content (AvgIpc) is 3.81. The Kier molecular flexibility index (Phi) is 20.6. The number of carboxylic acids is 1. The maximum absolute atomic E-state index is 14.4. The molecule has 0 aromatic heterocycles. The molecule has 1 heterocycles. The number of nitrogens with two attached hydrogens (primary N) is 2. The van der Waals surface area contributed by atoms with E-state index in [-0.39, 0.29) is 44.4 Å². The molecular formula is C47H61N9O13. The zero-order valence-corrected chi connectivity index (χ0v) is 38.2. The smallest absolute Gasteiger partial charge is 0.328 e. The van der Waals surface area contributed by atoms with Crippen LogP contribution < -0.4 is 43.4 Å². The lowest BCUT2D eigenvalue weighted by Gasteiger charge is -2.31. The summed E-state index contributed by atoms with van der Waals surface area (Å²) >= 11 is 0. The average molecular weight is 960 g/mol. The van der Waals surface area contributed by atoms with Crippen LogP contribution in [0.1, 0.15) is 56.2 Å². The van der Waals surface area contributed by atoms with E-state index < -0.39 is 121 Å². The molecule has 22 heteroatoms. The fraction of sp³-hybridized carbons (Fsp3) is 0.426. The van der Waals surface area contributed by atoms with Gasteiger partial charge in [0.25, 0.3) is 0 Å². The Bertz CT molecular complexity index is 2270. The van der Waals surface area contributed by atoms with Crippen LogP contribution in [0.3, 0.4) is 0 Å². The molecule has 3 aromatic rings. The standard InChI is InChI=1S/C47H61N9O13/c1-26(57)39(45(66)51-32(19-20-37(49)60)46(67)56-21-9-14-36(56)44(65)55-40(27(2)58)47(68)69)54-43(64)35(24-30-15-17-31(59)18-16-30)53-42(63)34(23-29-12-7-4-8-13-29)52-41(62)33(50-38(61)25-48)22-28-10-5-3-6-11-28/h3-8,10-13,15-18,26-27,32-36,39-40,57-59H,9,14,19-25,48H2,1-2H3,(H2,49,60)(H,50,61)(H,51,66)(H,52,62)(H,53,63)(H,54,64)(H,55,65)(H,68,69). The number of benzene rings is 3. The first kappa shape index (κ1) is 54.2. The number of nitrogens with zero attached hydrogens (tertiary/aromatic N) is 1. The summed E-state index contributed by atoms with van der Waals surface area (Å²) in [7, 11) is 0. The highest BCUT2D eigenvalue weighted by molar-refractivity contribution is 5.98. The van der Waals surface area contributed by atoms with Gasteiger partial charge in [-0.1, -0.05) is 72.8 Å². The summed E-state index contributed by atoms with van der Waals surface area (Å²) < 4.78 is 0. The highest BCUT2D eigenvalue weighted by Gasteiger charge is 2.41. The molecule has 22 nitrogen and oxygen atoms in total. The molecule has 9 unspecified atom stereocenters. The van der Waals surface area contributed by atoms with Crippen LogP contribution in [-0.2, 0) is 62.4 Å². The van der Waals surface area contributed by atoms with Crippen molar-refractivity contribution in [2.75, 3.05) is 13.1 Å². The van der Waals surface area contributed by atoms with Crippen LogP contribution in [0.4, 0.5) is 0 Å². The monoisotopic (exact) mass is 959 g/mol. The lowest BCUT2D eigenvalue weighted by molar-refractivity contribution is -0.147. The van der Waals surface area contributed by atoms with Gasteiger partial charge in [0, 0.05) is 32.2 Å². The normalized spacial score (nSPS) is 16.7. The maximum atomic E-state index is 14.4. The number of phenolic OH excluding ortho intramolecular Hbond substituents is 1. The maximum Gasteiger partial charge on any atom is 0.328 e. The summed E-state index contributed by atoms with van der Waals surface area (Å²) in [5, 5.41) is 55.3. The third kappa shape index (κ3) is 16.7. The number of carbonyl (C=O) groups is 9. The number of aliphatic hydroxyl groups is 2. The summed E-state index contributed by atoms with van der Waals surface area (Å²) in [5.41, 5.74) is 12.7. The van der Waals surface area contributed by atoms with Gasteiger partial charge in [0.2, 0.25) is 47.3 Å². The zero-order valence-electron chi connectivity index (χ0n) is 38.2. The Morgan fingerprint density at radius 2 is 1.09 bits per heavy atom. The van der Waals surface area contributed by atoms with Crippen molar-refractivity contribution in [3.05, 3.63) is 102 Å². The van der Waals surface area contributed by atoms with Gasteiger partial charge in [-0.3, -0.25) is 38.4 Å². The molecule has 1 aliphatic heterocycles. The fourth-order valence-electron chi connectivity index (χ4n) is 7.60. The van der Waals surface area contributed by atoms with Crippen molar-refractivity contribution in [2.24, 2.45) is 11.5 Å². The Labute approximate surface area is 397 Å². The minimum absolute atomic E-state index is 0.0107. The van der Waals surface area contributed by atoms with E-state index in [2.05, 4.69) is 31.9 Å². The third-order valence-corrected chi connectivity index (χ3v) is 11.3. The molecule has 9 atom stereocenters. The van der Waals surface area contributed by atoms with E-state index in [1.165, 1.54) is 31.2 Å². The molecule has 14 N–H and O–H groups in total. The Balaban J connectivity index is 1.62. The number of hydrogen-bond acceptors (Lipinski definition) is 13. The molecule has 1 fully saturated rings. The first-order valence-corrected chi connectivity index (χ1v) is 22.3. The molecular weight excluding hydrogens is 899 g/mol. The number of hydrogen-bond donors (Lipinski definition) is 12. The summed E-state index contributed by atoms with van der Waals surface area (Å²) in [6.45, 7) is 1.90. The van der Waals surface area contributed by atoms with E-state index in [4.69, 9.17) is 11.5 Å². The highest BCUT2D eigenvalue weighted by atomic mass is 16.4. The van der Waals surface area contributed by atoms with Gasteiger partial charge in [0.15, 0.2) is 6.04 Å². The van der Waals surface area contributed by atoms with Crippen molar-refractivity contribution in [1.82, 2.24) is 36.8 Å². The minimum atomic E-state index is -1.81. The van der Waals surface area contributed by atoms with E-state index in [1.54, 1.807) is 60.7 Å². The lowest BCUT2D eigenvalue weighted by atomic mass is 10.0. The Morgan fingerprint density at radius 1 is 0.623 bits per heavy atom. The summed E-state index contributed by atoms with van der Waals surface area (Å²) in [4.78, 5) is 121. The van der Waals surface area contributed by atoms with Gasteiger partial charge in [0.1, 0.15) is 42.0 Å². The molecule has 69 heavy (non-hydrogen) atoms. The molecule has 0 bridgehead atoms. The fourth-order valence-corrected chi connectivity index (χ4v) is 7.60. The Morgan fingerprint density at radius 3 is 1.55 bits per heavy atom. The molecule has 3 aromatic carbocycles. The number of phenols is 1. The third-order valence-electron chi connectivity index (χ3n) is 11.3. The Hall–Kier alpha value is -7.43. The van der Waals surface area contributed by atoms with Gasteiger partial charge in [0.05, 0.1) is 18.8 Å². The zero-order chi connectivity index (χ0) is 50.8. The second-order valence-corrected chi connectivity index (χ2v) is 16.7. The number of carboxylic acid groups (broad SMARTS) is 1. The second kappa shape index (κ2) is 26.2. The molecule has 1 aliphatic rings. The number of nitrogens with one attached hydrogen (secondary N) is 6. The van der Waals surface area contributed by atoms with E-state index in [0.29, 0.717) is 23.1 Å². The van der Waals surface area contributed by atoms with Crippen molar-refractivity contribution in [3.63, 3.8) is 0 Å². The predicted molar refractivity (Wildman–Crippen MR) is 247 cm³/mol. The van der Waals surface area contributed by atoms with Crippen molar-refractivity contribution in [1.29, 1.82) is 0 Å². The van der Waals surface area contributed by atoms with Crippen molar-refractivity contribution < 1.29 is 63.6 Å².